The first-order chi connectivity index (χ1) is 11.1. The number of nitrogens with zero attached hydrogens (tertiary/aromatic N) is 1. The fourth-order valence-corrected chi connectivity index (χ4v) is 3.77. The molecular weight excluding hydrogens is 356 g/mol. The van der Waals surface area contributed by atoms with Crippen LogP contribution in [0.25, 0.3) is 0 Å². The molecule has 1 heterocycles. The highest BCUT2D eigenvalue weighted by Crippen LogP contribution is 2.22. The van der Waals surface area contributed by atoms with Gasteiger partial charge in [-0.3, -0.25) is 9.59 Å². The van der Waals surface area contributed by atoms with Gasteiger partial charge in [-0.1, -0.05) is 28.8 Å². The zero-order chi connectivity index (χ0) is 16.2. The third kappa shape index (κ3) is 4.14. The molecule has 2 fully saturated rings. The SMILES string of the molecule is O=C(NC1CCCC1)C1CCN(C(=O)c2ccc(Br)cc2)CC1. The molecule has 1 saturated carbocycles. The summed E-state index contributed by atoms with van der Waals surface area (Å²) in [4.78, 5) is 26.7. The second kappa shape index (κ2) is 7.47. The van der Waals surface area contributed by atoms with Crippen LogP contribution in [0.4, 0.5) is 0 Å². The third-order valence-corrected chi connectivity index (χ3v) is 5.47. The maximum Gasteiger partial charge on any atom is 0.253 e. The van der Waals surface area contributed by atoms with E-state index in [1.54, 1.807) is 0 Å². The number of amides is 2. The van der Waals surface area contributed by atoms with E-state index in [1.807, 2.05) is 29.2 Å². The van der Waals surface area contributed by atoms with E-state index in [-0.39, 0.29) is 17.7 Å². The van der Waals surface area contributed by atoms with Gasteiger partial charge in [-0.25, -0.2) is 0 Å². The predicted molar refractivity (Wildman–Crippen MR) is 93.2 cm³/mol. The van der Waals surface area contributed by atoms with Crippen LogP contribution in [0.15, 0.2) is 28.7 Å². The maximum absolute atomic E-state index is 12.5. The molecular formula is C18H23BrN2O2. The Bertz CT molecular complexity index is 559. The van der Waals surface area contributed by atoms with Gasteiger partial charge in [0.15, 0.2) is 0 Å². The number of benzene rings is 1. The molecule has 2 amide bonds. The van der Waals surface area contributed by atoms with Crippen molar-refractivity contribution < 1.29 is 9.59 Å². The zero-order valence-corrected chi connectivity index (χ0v) is 14.8. The van der Waals surface area contributed by atoms with Crippen molar-refractivity contribution in [3.63, 3.8) is 0 Å². The number of carbonyl (C=O) groups excluding carboxylic acids is 2. The highest BCUT2D eigenvalue weighted by atomic mass is 79.9. The lowest BCUT2D eigenvalue weighted by atomic mass is 9.95. The molecule has 124 valence electrons. The first-order valence-corrected chi connectivity index (χ1v) is 9.28. The van der Waals surface area contributed by atoms with E-state index in [0.717, 1.165) is 30.2 Å². The summed E-state index contributed by atoms with van der Waals surface area (Å²) in [6, 6.07) is 7.82. The standard InChI is InChI=1S/C18H23BrN2O2/c19-15-7-5-14(6-8-15)18(23)21-11-9-13(10-12-21)17(22)20-16-3-1-2-4-16/h5-8,13,16H,1-4,9-12H2,(H,20,22). The Labute approximate surface area is 145 Å². The van der Waals surface area contributed by atoms with Crippen molar-refractivity contribution in [1.29, 1.82) is 0 Å². The Morgan fingerprint density at radius 1 is 1.00 bits per heavy atom. The highest BCUT2D eigenvalue weighted by Gasteiger charge is 2.29. The number of halogens is 1. The summed E-state index contributed by atoms with van der Waals surface area (Å²) in [6.07, 6.45) is 6.22. The van der Waals surface area contributed by atoms with Crippen molar-refractivity contribution in [3.05, 3.63) is 34.3 Å². The van der Waals surface area contributed by atoms with Gasteiger partial charge in [0.2, 0.25) is 5.91 Å². The van der Waals surface area contributed by atoms with Gasteiger partial charge >= 0.3 is 0 Å². The minimum atomic E-state index is 0.0598. The molecule has 1 aromatic carbocycles. The van der Waals surface area contributed by atoms with Crippen LogP contribution in [0.5, 0.6) is 0 Å². The van der Waals surface area contributed by atoms with E-state index in [4.69, 9.17) is 0 Å². The Morgan fingerprint density at radius 2 is 1.61 bits per heavy atom. The van der Waals surface area contributed by atoms with Gasteiger partial charge in [0, 0.05) is 35.1 Å². The molecule has 0 atom stereocenters. The van der Waals surface area contributed by atoms with E-state index in [9.17, 15) is 9.59 Å². The van der Waals surface area contributed by atoms with Crippen LogP contribution in [-0.4, -0.2) is 35.8 Å². The number of piperidine rings is 1. The molecule has 0 radical (unpaired) electrons. The molecule has 0 spiro atoms. The Kier molecular flexibility index (Phi) is 5.36. The second-order valence-electron chi connectivity index (χ2n) is 6.56. The van der Waals surface area contributed by atoms with Gasteiger partial charge in [0.05, 0.1) is 0 Å². The molecule has 1 N–H and O–H groups in total. The van der Waals surface area contributed by atoms with Gasteiger partial charge in [-0.2, -0.15) is 0 Å². The van der Waals surface area contributed by atoms with Crippen LogP contribution in [0.2, 0.25) is 0 Å². The summed E-state index contributed by atoms with van der Waals surface area (Å²) < 4.78 is 0.969. The van der Waals surface area contributed by atoms with Gasteiger partial charge in [-0.15, -0.1) is 0 Å². The van der Waals surface area contributed by atoms with Crippen LogP contribution < -0.4 is 5.32 Å². The maximum atomic E-state index is 12.5. The normalized spacial score (nSPS) is 19.8. The number of hydrogen-bond acceptors (Lipinski definition) is 2. The van der Waals surface area contributed by atoms with Gasteiger partial charge in [-0.05, 0) is 49.9 Å². The van der Waals surface area contributed by atoms with Crippen LogP contribution in [0, 0.1) is 5.92 Å². The van der Waals surface area contributed by atoms with Crippen molar-refractivity contribution in [2.75, 3.05) is 13.1 Å². The molecule has 4 nitrogen and oxygen atoms in total. The van der Waals surface area contributed by atoms with Crippen molar-refractivity contribution in [1.82, 2.24) is 10.2 Å². The number of nitrogens with one attached hydrogen (secondary N) is 1. The largest absolute Gasteiger partial charge is 0.353 e. The second-order valence-corrected chi connectivity index (χ2v) is 7.48. The minimum absolute atomic E-state index is 0.0598. The van der Waals surface area contributed by atoms with Crippen LogP contribution >= 0.6 is 15.9 Å². The lowest BCUT2D eigenvalue weighted by Crippen LogP contribution is -2.44. The van der Waals surface area contributed by atoms with Crippen LogP contribution in [0.3, 0.4) is 0 Å². The summed E-state index contributed by atoms with van der Waals surface area (Å²) in [5, 5.41) is 3.18. The number of hydrogen-bond donors (Lipinski definition) is 1. The summed E-state index contributed by atoms with van der Waals surface area (Å²) >= 11 is 3.38. The Hall–Kier alpha value is -1.36. The summed E-state index contributed by atoms with van der Waals surface area (Å²) in [5.41, 5.74) is 0.710. The molecule has 1 aliphatic carbocycles. The molecule has 5 heteroatoms. The molecule has 23 heavy (non-hydrogen) atoms. The summed E-state index contributed by atoms with van der Waals surface area (Å²) in [6.45, 7) is 1.33. The summed E-state index contributed by atoms with van der Waals surface area (Å²) in [7, 11) is 0. The predicted octanol–water partition coefficient (Wildman–Crippen LogP) is 3.36. The smallest absolute Gasteiger partial charge is 0.253 e. The van der Waals surface area contributed by atoms with E-state index in [2.05, 4.69) is 21.2 Å². The molecule has 0 unspecified atom stereocenters. The highest BCUT2D eigenvalue weighted by molar-refractivity contribution is 9.10. The molecule has 0 bridgehead atoms. The Balaban J connectivity index is 1.50. The average molecular weight is 379 g/mol. The van der Waals surface area contributed by atoms with Gasteiger partial charge in [0.25, 0.3) is 5.91 Å². The quantitative estimate of drug-likeness (QED) is 0.876. The minimum Gasteiger partial charge on any atom is -0.353 e. The lowest BCUT2D eigenvalue weighted by Gasteiger charge is -2.32. The van der Waals surface area contributed by atoms with Crippen molar-refractivity contribution in [2.24, 2.45) is 5.92 Å². The van der Waals surface area contributed by atoms with Crippen molar-refractivity contribution >= 4 is 27.7 Å². The fraction of sp³-hybridized carbons (Fsp3) is 0.556. The molecule has 1 saturated heterocycles. The fourth-order valence-electron chi connectivity index (χ4n) is 3.51. The Morgan fingerprint density at radius 3 is 2.22 bits per heavy atom. The van der Waals surface area contributed by atoms with E-state index < -0.39 is 0 Å². The molecule has 0 aromatic heterocycles. The van der Waals surface area contributed by atoms with Crippen molar-refractivity contribution in [2.45, 2.75) is 44.6 Å². The number of likely N-dealkylation sites (tertiary alicyclic amines) is 1. The van der Waals surface area contributed by atoms with Gasteiger partial charge in [0.1, 0.15) is 0 Å². The number of carbonyl (C=O) groups is 2. The van der Waals surface area contributed by atoms with Crippen LogP contribution in [-0.2, 0) is 4.79 Å². The molecule has 3 rings (SSSR count). The topological polar surface area (TPSA) is 49.4 Å². The summed E-state index contributed by atoms with van der Waals surface area (Å²) in [5.74, 6) is 0.310. The first-order valence-electron chi connectivity index (χ1n) is 8.49. The van der Waals surface area contributed by atoms with E-state index in [1.165, 1.54) is 12.8 Å². The van der Waals surface area contributed by atoms with E-state index >= 15 is 0 Å². The van der Waals surface area contributed by atoms with Gasteiger partial charge < -0.3 is 10.2 Å². The average Bonchev–Trinajstić information content (AvgIpc) is 3.08. The molecule has 2 aliphatic rings. The van der Waals surface area contributed by atoms with E-state index in [0.29, 0.717) is 24.7 Å². The monoisotopic (exact) mass is 378 g/mol. The third-order valence-electron chi connectivity index (χ3n) is 4.95. The zero-order valence-electron chi connectivity index (χ0n) is 13.3. The van der Waals surface area contributed by atoms with Crippen molar-refractivity contribution in [3.8, 4) is 0 Å². The van der Waals surface area contributed by atoms with Crippen LogP contribution in [0.1, 0.15) is 48.9 Å². The molecule has 1 aliphatic heterocycles. The first kappa shape index (κ1) is 16.5. The molecule has 1 aromatic rings. The number of rotatable bonds is 3. The lowest BCUT2D eigenvalue weighted by molar-refractivity contribution is -0.127.